The number of carbonyl (C=O) groups is 1. The van der Waals surface area contributed by atoms with E-state index in [1.165, 1.54) is 6.07 Å². The minimum atomic E-state index is -0.493. The number of anilines is 1. The number of carbonyl (C=O) groups excluding carboxylic acids is 1. The topological polar surface area (TPSA) is 115 Å². The number of rotatable bonds is 4. The standard InChI is InChI=1S/C13H13N5O3S2/c14-12-15-16-13(23-12)22-10-4-3-8(7-9(10)18(20)21)11(19)17-5-1-2-6-17/h3-4,7H,1-2,5-6H2,(H2,14,15). The van der Waals surface area contributed by atoms with E-state index in [2.05, 4.69) is 10.2 Å². The Morgan fingerprint density at radius 2 is 2.09 bits per heavy atom. The fourth-order valence-corrected chi connectivity index (χ4v) is 4.02. The molecule has 0 radical (unpaired) electrons. The normalized spacial score (nSPS) is 14.2. The number of nitrogens with two attached hydrogens (primary N) is 1. The van der Waals surface area contributed by atoms with Crippen molar-refractivity contribution in [3.8, 4) is 0 Å². The van der Waals surface area contributed by atoms with E-state index >= 15 is 0 Å². The van der Waals surface area contributed by atoms with E-state index in [-0.39, 0.29) is 11.6 Å². The summed E-state index contributed by atoms with van der Waals surface area (Å²) in [6.45, 7) is 1.40. The van der Waals surface area contributed by atoms with E-state index in [4.69, 9.17) is 5.73 Å². The van der Waals surface area contributed by atoms with Gasteiger partial charge < -0.3 is 10.6 Å². The Kier molecular flexibility index (Phi) is 4.44. The van der Waals surface area contributed by atoms with Gasteiger partial charge in [-0.3, -0.25) is 14.9 Å². The van der Waals surface area contributed by atoms with Gasteiger partial charge in [0.15, 0.2) is 4.34 Å². The lowest BCUT2D eigenvalue weighted by molar-refractivity contribution is -0.387. The van der Waals surface area contributed by atoms with E-state index in [0.29, 0.717) is 33.0 Å². The smallest absolute Gasteiger partial charge is 0.284 e. The number of benzene rings is 1. The van der Waals surface area contributed by atoms with E-state index in [9.17, 15) is 14.9 Å². The summed E-state index contributed by atoms with van der Waals surface area (Å²) >= 11 is 2.27. The highest BCUT2D eigenvalue weighted by molar-refractivity contribution is 8.01. The van der Waals surface area contributed by atoms with Crippen LogP contribution in [0.4, 0.5) is 10.8 Å². The molecule has 0 aliphatic carbocycles. The lowest BCUT2D eigenvalue weighted by atomic mass is 10.2. The summed E-state index contributed by atoms with van der Waals surface area (Å²) in [7, 11) is 0. The van der Waals surface area contributed by atoms with Crippen molar-refractivity contribution in [2.75, 3.05) is 18.8 Å². The summed E-state index contributed by atoms with van der Waals surface area (Å²) in [5, 5.41) is 19.1. The maximum atomic E-state index is 12.4. The Labute approximate surface area is 139 Å². The van der Waals surface area contributed by atoms with Gasteiger partial charge in [-0.15, -0.1) is 10.2 Å². The first-order chi connectivity index (χ1) is 11.0. The average molecular weight is 351 g/mol. The number of aromatic nitrogens is 2. The molecule has 0 saturated carbocycles. The third-order valence-electron chi connectivity index (χ3n) is 3.42. The maximum Gasteiger partial charge on any atom is 0.284 e. The summed E-state index contributed by atoms with van der Waals surface area (Å²) < 4.78 is 0.518. The SMILES string of the molecule is Nc1nnc(Sc2ccc(C(=O)N3CCCC3)cc2[N+](=O)[O-])s1. The number of likely N-dealkylation sites (tertiary alicyclic amines) is 1. The summed E-state index contributed by atoms with van der Waals surface area (Å²) in [5.41, 5.74) is 5.73. The molecule has 3 rings (SSSR count). The van der Waals surface area contributed by atoms with Gasteiger partial charge >= 0.3 is 0 Å². The van der Waals surface area contributed by atoms with Crippen LogP contribution in [0.1, 0.15) is 23.2 Å². The predicted molar refractivity (Wildman–Crippen MR) is 86.7 cm³/mol. The van der Waals surface area contributed by atoms with Gasteiger partial charge in [-0.05, 0) is 36.7 Å². The highest BCUT2D eigenvalue weighted by atomic mass is 32.2. The molecule has 2 N–H and O–H groups in total. The maximum absolute atomic E-state index is 12.4. The van der Waals surface area contributed by atoms with Crippen LogP contribution in [0.15, 0.2) is 27.4 Å². The van der Waals surface area contributed by atoms with E-state index < -0.39 is 4.92 Å². The van der Waals surface area contributed by atoms with Crippen LogP contribution < -0.4 is 5.73 Å². The first-order valence-corrected chi connectivity index (χ1v) is 8.52. The van der Waals surface area contributed by atoms with E-state index in [0.717, 1.165) is 35.9 Å². The highest BCUT2D eigenvalue weighted by Gasteiger charge is 2.24. The molecular weight excluding hydrogens is 338 g/mol. The third kappa shape index (κ3) is 3.42. The molecule has 8 nitrogen and oxygen atoms in total. The van der Waals surface area contributed by atoms with Gasteiger partial charge in [-0.2, -0.15) is 0 Å². The lowest BCUT2D eigenvalue weighted by Gasteiger charge is -2.15. The molecule has 1 fully saturated rings. The zero-order valence-corrected chi connectivity index (χ0v) is 13.6. The van der Waals surface area contributed by atoms with Crippen LogP contribution in [0.2, 0.25) is 0 Å². The van der Waals surface area contributed by atoms with Crippen molar-refractivity contribution in [3.63, 3.8) is 0 Å². The van der Waals surface area contributed by atoms with Crippen molar-refractivity contribution in [2.45, 2.75) is 22.1 Å². The van der Waals surface area contributed by atoms with Gasteiger partial charge in [-0.1, -0.05) is 11.3 Å². The molecule has 0 spiro atoms. The number of hydrogen-bond donors (Lipinski definition) is 1. The second-order valence-electron chi connectivity index (χ2n) is 4.95. The number of nitro groups is 1. The lowest BCUT2D eigenvalue weighted by Crippen LogP contribution is -2.27. The van der Waals surface area contributed by atoms with Gasteiger partial charge in [0.25, 0.3) is 11.6 Å². The van der Waals surface area contributed by atoms with Gasteiger partial charge in [0.1, 0.15) is 0 Å². The molecule has 1 aliphatic heterocycles. The molecule has 0 unspecified atom stereocenters. The van der Waals surface area contributed by atoms with Crippen LogP contribution in [0.25, 0.3) is 0 Å². The molecular formula is C13H13N5O3S2. The molecule has 0 bridgehead atoms. The van der Waals surface area contributed by atoms with Crippen LogP contribution in [0.3, 0.4) is 0 Å². The number of hydrogen-bond acceptors (Lipinski definition) is 8. The Hall–Kier alpha value is -2.20. The largest absolute Gasteiger partial charge is 0.374 e. The van der Waals surface area contributed by atoms with Gasteiger partial charge in [0, 0.05) is 24.7 Å². The number of nitro benzene ring substituents is 1. The van der Waals surface area contributed by atoms with Crippen LogP contribution in [0.5, 0.6) is 0 Å². The van der Waals surface area contributed by atoms with Crippen LogP contribution >= 0.6 is 23.1 Å². The van der Waals surface area contributed by atoms with Crippen molar-refractivity contribution in [3.05, 3.63) is 33.9 Å². The second kappa shape index (κ2) is 6.50. The molecule has 0 atom stereocenters. The summed E-state index contributed by atoms with van der Waals surface area (Å²) in [5.74, 6) is -0.165. The monoisotopic (exact) mass is 351 g/mol. The number of amides is 1. The molecule has 1 aromatic heterocycles. The molecule has 23 heavy (non-hydrogen) atoms. The van der Waals surface area contributed by atoms with Crippen molar-refractivity contribution in [1.82, 2.24) is 15.1 Å². The number of nitrogen functional groups attached to an aromatic ring is 1. The van der Waals surface area contributed by atoms with Gasteiger partial charge in [0.2, 0.25) is 5.13 Å². The molecule has 1 aromatic carbocycles. The van der Waals surface area contributed by atoms with Crippen molar-refractivity contribution in [2.24, 2.45) is 0 Å². The van der Waals surface area contributed by atoms with Gasteiger partial charge in [0.05, 0.1) is 9.82 Å². The molecule has 10 heteroatoms. The fourth-order valence-electron chi connectivity index (χ4n) is 2.34. The van der Waals surface area contributed by atoms with E-state index in [1.54, 1.807) is 17.0 Å². The Bertz CT molecular complexity index is 758. The van der Waals surface area contributed by atoms with Crippen molar-refractivity contribution < 1.29 is 9.72 Å². The van der Waals surface area contributed by atoms with Crippen LogP contribution in [0, 0.1) is 10.1 Å². The second-order valence-corrected chi connectivity index (χ2v) is 7.25. The summed E-state index contributed by atoms with van der Waals surface area (Å²) in [4.78, 5) is 25.3. The van der Waals surface area contributed by atoms with Crippen molar-refractivity contribution in [1.29, 1.82) is 0 Å². The highest BCUT2D eigenvalue weighted by Crippen LogP contribution is 2.37. The molecule has 1 amide bonds. The summed E-state index contributed by atoms with van der Waals surface area (Å²) in [6, 6.07) is 4.51. The van der Waals surface area contributed by atoms with Crippen molar-refractivity contribution >= 4 is 39.8 Å². The molecule has 1 aliphatic rings. The first-order valence-electron chi connectivity index (χ1n) is 6.89. The molecule has 2 aromatic rings. The summed E-state index contributed by atoms with van der Waals surface area (Å²) in [6.07, 6.45) is 1.94. The molecule has 120 valence electrons. The zero-order valence-electron chi connectivity index (χ0n) is 12.0. The minimum Gasteiger partial charge on any atom is -0.374 e. The minimum absolute atomic E-state index is 0.117. The average Bonchev–Trinajstić information content (AvgIpc) is 3.18. The van der Waals surface area contributed by atoms with E-state index in [1.807, 2.05) is 0 Å². The zero-order chi connectivity index (χ0) is 16.4. The first kappa shape index (κ1) is 15.7. The molecule has 1 saturated heterocycles. The predicted octanol–water partition coefficient (Wildman–Crippen LogP) is 2.42. The third-order valence-corrected chi connectivity index (χ3v) is 5.28. The quantitative estimate of drug-likeness (QED) is 0.664. The van der Waals surface area contributed by atoms with Gasteiger partial charge in [-0.25, -0.2) is 0 Å². The molecule has 2 heterocycles. The Morgan fingerprint density at radius 1 is 1.35 bits per heavy atom. The number of nitrogens with zero attached hydrogens (tertiary/aromatic N) is 4. The van der Waals surface area contributed by atoms with Crippen LogP contribution in [-0.4, -0.2) is 39.0 Å². The Balaban J connectivity index is 1.89. The van der Waals surface area contributed by atoms with Crippen LogP contribution in [-0.2, 0) is 0 Å². The fraction of sp³-hybridized carbons (Fsp3) is 0.308. The Morgan fingerprint density at radius 3 is 2.70 bits per heavy atom.